The fourth-order valence-electron chi connectivity index (χ4n) is 2.39. The lowest BCUT2D eigenvalue weighted by molar-refractivity contribution is -0.146. The van der Waals surface area contributed by atoms with Crippen LogP contribution in [0.5, 0.6) is 0 Å². The van der Waals surface area contributed by atoms with Gasteiger partial charge in [-0.3, -0.25) is 4.79 Å². The lowest BCUT2D eigenvalue weighted by atomic mass is 9.68. The van der Waals surface area contributed by atoms with Crippen LogP contribution < -0.4 is 5.73 Å². The molecule has 4 nitrogen and oxygen atoms in total. The first kappa shape index (κ1) is 12.2. The summed E-state index contributed by atoms with van der Waals surface area (Å²) in [4.78, 5) is 14.0. The molecule has 17 heavy (non-hydrogen) atoms. The minimum Gasteiger partial charge on any atom is -0.464 e. The van der Waals surface area contributed by atoms with Crippen LogP contribution in [0.2, 0.25) is 0 Å². The summed E-state index contributed by atoms with van der Waals surface area (Å²) in [6.07, 6.45) is 2.95. The van der Waals surface area contributed by atoms with Crippen LogP contribution in [-0.4, -0.2) is 24.4 Å². The Balaban J connectivity index is 2.00. The number of aryl methyl sites for hydroxylation is 1. The van der Waals surface area contributed by atoms with E-state index in [1.165, 1.54) is 0 Å². The standard InChI is InChI=1S/C13H20N2O2/c1-10-4-5-11(17-10)8-15(2)12(16)13(9-14)6-3-7-13/h4-5H,3,6-9,14H2,1-2H3. The van der Waals surface area contributed by atoms with Crippen molar-refractivity contribution in [2.45, 2.75) is 32.7 Å². The largest absolute Gasteiger partial charge is 0.464 e. The Hall–Kier alpha value is -1.29. The number of hydrogen-bond acceptors (Lipinski definition) is 3. The van der Waals surface area contributed by atoms with Crippen LogP contribution >= 0.6 is 0 Å². The van der Waals surface area contributed by atoms with E-state index in [1.807, 2.05) is 26.1 Å². The van der Waals surface area contributed by atoms with E-state index in [2.05, 4.69) is 0 Å². The lowest BCUT2D eigenvalue weighted by Crippen LogP contribution is -2.50. The Kier molecular flexibility index (Phi) is 3.24. The molecule has 0 aliphatic heterocycles. The number of carbonyl (C=O) groups is 1. The molecule has 1 heterocycles. The third-order valence-electron chi connectivity index (χ3n) is 3.69. The second-order valence-electron chi connectivity index (χ2n) is 5.01. The summed E-state index contributed by atoms with van der Waals surface area (Å²) >= 11 is 0. The Labute approximate surface area is 102 Å². The molecule has 1 aromatic heterocycles. The van der Waals surface area contributed by atoms with E-state index in [4.69, 9.17) is 10.2 Å². The zero-order valence-electron chi connectivity index (χ0n) is 10.5. The van der Waals surface area contributed by atoms with Gasteiger partial charge in [-0.15, -0.1) is 0 Å². The fraction of sp³-hybridized carbons (Fsp3) is 0.615. The predicted molar refractivity (Wildman–Crippen MR) is 65.3 cm³/mol. The average Bonchev–Trinajstić information content (AvgIpc) is 2.63. The smallest absolute Gasteiger partial charge is 0.230 e. The second-order valence-corrected chi connectivity index (χ2v) is 5.01. The lowest BCUT2D eigenvalue weighted by Gasteiger charge is -2.41. The molecule has 94 valence electrons. The second kappa shape index (κ2) is 4.53. The van der Waals surface area contributed by atoms with E-state index in [0.717, 1.165) is 30.8 Å². The average molecular weight is 236 g/mol. The van der Waals surface area contributed by atoms with Gasteiger partial charge in [-0.05, 0) is 31.9 Å². The van der Waals surface area contributed by atoms with Gasteiger partial charge >= 0.3 is 0 Å². The van der Waals surface area contributed by atoms with Gasteiger partial charge in [0.15, 0.2) is 0 Å². The van der Waals surface area contributed by atoms with Crippen LogP contribution in [0.15, 0.2) is 16.5 Å². The normalized spacial score (nSPS) is 17.6. The quantitative estimate of drug-likeness (QED) is 0.865. The summed E-state index contributed by atoms with van der Waals surface area (Å²) in [5.41, 5.74) is 5.44. The molecule has 1 aliphatic rings. The molecule has 0 atom stereocenters. The van der Waals surface area contributed by atoms with Crippen LogP contribution in [0.1, 0.15) is 30.8 Å². The number of amides is 1. The van der Waals surface area contributed by atoms with Gasteiger partial charge in [0, 0.05) is 13.6 Å². The van der Waals surface area contributed by atoms with Crippen molar-refractivity contribution in [2.24, 2.45) is 11.1 Å². The zero-order chi connectivity index (χ0) is 12.5. The fourth-order valence-corrected chi connectivity index (χ4v) is 2.39. The Morgan fingerprint density at radius 1 is 1.53 bits per heavy atom. The molecule has 1 aromatic rings. The summed E-state index contributed by atoms with van der Waals surface area (Å²) in [5.74, 6) is 1.85. The minimum atomic E-state index is -0.295. The molecule has 0 spiro atoms. The molecule has 1 amide bonds. The molecule has 0 unspecified atom stereocenters. The Morgan fingerprint density at radius 2 is 2.24 bits per heavy atom. The third kappa shape index (κ3) is 2.22. The molecule has 0 saturated heterocycles. The topological polar surface area (TPSA) is 59.5 Å². The van der Waals surface area contributed by atoms with Crippen molar-refractivity contribution in [3.05, 3.63) is 23.7 Å². The molecular weight excluding hydrogens is 216 g/mol. The summed E-state index contributed by atoms with van der Waals surface area (Å²) < 4.78 is 5.48. The van der Waals surface area contributed by atoms with Crippen LogP contribution in [0.25, 0.3) is 0 Å². The number of rotatable bonds is 4. The maximum atomic E-state index is 12.3. The molecule has 1 fully saturated rings. The van der Waals surface area contributed by atoms with Crippen molar-refractivity contribution in [2.75, 3.05) is 13.6 Å². The van der Waals surface area contributed by atoms with E-state index in [-0.39, 0.29) is 11.3 Å². The molecule has 0 bridgehead atoms. The highest BCUT2D eigenvalue weighted by Crippen LogP contribution is 2.41. The summed E-state index contributed by atoms with van der Waals surface area (Å²) in [6.45, 7) is 2.88. The molecule has 4 heteroatoms. The van der Waals surface area contributed by atoms with Crippen molar-refractivity contribution < 1.29 is 9.21 Å². The number of carbonyl (C=O) groups excluding carboxylic acids is 1. The first-order chi connectivity index (χ1) is 8.07. The van der Waals surface area contributed by atoms with E-state index in [9.17, 15) is 4.79 Å². The molecule has 0 aromatic carbocycles. The van der Waals surface area contributed by atoms with Gasteiger partial charge in [-0.25, -0.2) is 0 Å². The first-order valence-corrected chi connectivity index (χ1v) is 6.08. The van der Waals surface area contributed by atoms with Gasteiger partial charge in [0.2, 0.25) is 5.91 Å². The third-order valence-corrected chi connectivity index (χ3v) is 3.69. The molecule has 2 rings (SSSR count). The van der Waals surface area contributed by atoms with Crippen molar-refractivity contribution in [3.63, 3.8) is 0 Å². The van der Waals surface area contributed by atoms with Crippen LogP contribution in [-0.2, 0) is 11.3 Å². The van der Waals surface area contributed by atoms with Gasteiger partial charge in [-0.1, -0.05) is 6.42 Å². The highest BCUT2D eigenvalue weighted by atomic mass is 16.3. The monoisotopic (exact) mass is 236 g/mol. The Bertz CT molecular complexity index is 402. The number of furan rings is 1. The van der Waals surface area contributed by atoms with E-state index in [0.29, 0.717) is 13.1 Å². The van der Waals surface area contributed by atoms with Gasteiger partial charge in [0.1, 0.15) is 11.5 Å². The highest BCUT2D eigenvalue weighted by molar-refractivity contribution is 5.83. The number of hydrogen-bond donors (Lipinski definition) is 1. The van der Waals surface area contributed by atoms with Crippen molar-refractivity contribution in [1.82, 2.24) is 4.90 Å². The maximum Gasteiger partial charge on any atom is 0.230 e. The zero-order valence-corrected chi connectivity index (χ0v) is 10.5. The van der Waals surface area contributed by atoms with Crippen molar-refractivity contribution >= 4 is 5.91 Å². The van der Waals surface area contributed by atoms with Crippen molar-refractivity contribution in [1.29, 1.82) is 0 Å². The molecule has 1 aliphatic carbocycles. The van der Waals surface area contributed by atoms with Gasteiger partial charge in [0.05, 0.1) is 12.0 Å². The molecule has 0 radical (unpaired) electrons. The van der Waals surface area contributed by atoms with E-state index in [1.54, 1.807) is 4.90 Å². The molecule has 1 saturated carbocycles. The van der Waals surface area contributed by atoms with Gasteiger partial charge < -0.3 is 15.1 Å². The number of nitrogens with zero attached hydrogens (tertiary/aromatic N) is 1. The SMILES string of the molecule is Cc1ccc(CN(C)C(=O)C2(CN)CCC2)o1. The summed E-state index contributed by atoms with van der Waals surface area (Å²) in [7, 11) is 1.82. The van der Waals surface area contributed by atoms with E-state index >= 15 is 0 Å². The van der Waals surface area contributed by atoms with Crippen LogP contribution in [0, 0.1) is 12.3 Å². The first-order valence-electron chi connectivity index (χ1n) is 6.08. The summed E-state index contributed by atoms with van der Waals surface area (Å²) in [6, 6.07) is 3.82. The van der Waals surface area contributed by atoms with E-state index < -0.39 is 0 Å². The van der Waals surface area contributed by atoms with Crippen molar-refractivity contribution in [3.8, 4) is 0 Å². The predicted octanol–water partition coefficient (Wildman–Crippen LogP) is 1.68. The van der Waals surface area contributed by atoms with Gasteiger partial charge in [-0.2, -0.15) is 0 Å². The minimum absolute atomic E-state index is 0.153. The Morgan fingerprint density at radius 3 is 2.65 bits per heavy atom. The van der Waals surface area contributed by atoms with Gasteiger partial charge in [0.25, 0.3) is 0 Å². The number of nitrogens with two attached hydrogens (primary N) is 1. The summed E-state index contributed by atoms with van der Waals surface area (Å²) in [5, 5.41) is 0. The van der Waals surface area contributed by atoms with Crippen LogP contribution in [0.4, 0.5) is 0 Å². The molecule has 2 N–H and O–H groups in total. The molecular formula is C13H20N2O2. The van der Waals surface area contributed by atoms with Crippen LogP contribution in [0.3, 0.4) is 0 Å². The highest BCUT2D eigenvalue weighted by Gasteiger charge is 2.44. The maximum absolute atomic E-state index is 12.3.